The highest BCUT2D eigenvalue weighted by Crippen LogP contribution is 2.68. The van der Waals surface area contributed by atoms with Gasteiger partial charge in [-0.25, -0.2) is 0 Å². The lowest BCUT2D eigenvalue weighted by atomic mass is 9.50. The van der Waals surface area contributed by atoms with Crippen molar-refractivity contribution in [3.63, 3.8) is 0 Å². The van der Waals surface area contributed by atoms with Crippen molar-refractivity contribution in [3.8, 4) is 12.1 Å². The molecule has 4 bridgehead atoms. The first-order chi connectivity index (χ1) is 11.0. The van der Waals surface area contributed by atoms with Gasteiger partial charge in [-0.05, 0) is 12.5 Å². The van der Waals surface area contributed by atoms with Crippen LogP contribution in [0.25, 0.3) is 0 Å². The summed E-state index contributed by atoms with van der Waals surface area (Å²) < 4.78 is 11.9. The molecule has 0 saturated carbocycles. The second-order valence-corrected chi connectivity index (χ2v) is 6.33. The fraction of sp³-hybridized carbons (Fsp3) is 0.412. The Morgan fingerprint density at radius 3 is 2.43 bits per heavy atom. The van der Waals surface area contributed by atoms with Crippen LogP contribution in [0.1, 0.15) is 25.3 Å². The lowest BCUT2D eigenvalue weighted by Gasteiger charge is -2.60. The van der Waals surface area contributed by atoms with Gasteiger partial charge in [0.15, 0.2) is 10.8 Å². The van der Waals surface area contributed by atoms with Crippen molar-refractivity contribution in [1.82, 2.24) is 0 Å². The lowest BCUT2D eigenvalue weighted by molar-refractivity contribution is -0.309. The number of ether oxygens (including phenoxy) is 2. The van der Waals surface area contributed by atoms with Crippen LogP contribution in [0, 0.1) is 38.9 Å². The normalized spacial score (nSPS) is 43.3. The minimum Gasteiger partial charge on any atom is -0.447 e. The van der Waals surface area contributed by atoms with Crippen molar-refractivity contribution >= 4 is 11.7 Å². The Labute approximate surface area is 133 Å². The van der Waals surface area contributed by atoms with Gasteiger partial charge in [0.05, 0.1) is 24.2 Å². The van der Waals surface area contributed by atoms with E-state index in [1.807, 2.05) is 30.3 Å². The van der Waals surface area contributed by atoms with E-state index in [1.54, 1.807) is 13.8 Å². The largest absolute Gasteiger partial charge is 0.447 e. The van der Waals surface area contributed by atoms with E-state index in [0.29, 0.717) is 0 Å². The van der Waals surface area contributed by atoms with Crippen LogP contribution in [-0.2, 0) is 9.47 Å². The molecule has 23 heavy (non-hydrogen) atoms. The molecule has 1 N–H and O–H groups in total. The molecule has 0 spiro atoms. The summed E-state index contributed by atoms with van der Waals surface area (Å²) in [4.78, 5) is 4.14. The van der Waals surface area contributed by atoms with Crippen molar-refractivity contribution in [3.05, 3.63) is 35.9 Å². The molecule has 4 heterocycles. The van der Waals surface area contributed by atoms with Crippen LogP contribution >= 0.6 is 0 Å². The van der Waals surface area contributed by atoms with E-state index in [1.165, 1.54) is 0 Å². The van der Waals surface area contributed by atoms with Crippen LogP contribution < -0.4 is 0 Å². The first-order valence-electron chi connectivity index (χ1n) is 7.39. The van der Waals surface area contributed by atoms with Crippen molar-refractivity contribution < 1.29 is 9.47 Å². The number of rotatable bonds is 1. The van der Waals surface area contributed by atoms with Gasteiger partial charge in [0.1, 0.15) is 5.84 Å². The number of amidine groups is 1. The Bertz CT molecular complexity index is 836. The quantitative estimate of drug-likeness (QED) is 0.860. The summed E-state index contributed by atoms with van der Waals surface area (Å²) in [5.41, 5.74) is -2.01. The molecule has 6 nitrogen and oxygen atoms in total. The van der Waals surface area contributed by atoms with Crippen molar-refractivity contribution in [1.29, 1.82) is 15.9 Å². The van der Waals surface area contributed by atoms with Crippen LogP contribution in [0.15, 0.2) is 35.3 Å². The van der Waals surface area contributed by atoms with E-state index in [9.17, 15) is 10.5 Å². The Balaban J connectivity index is 2.08. The molecular formula is C17H14N4O2. The topological polar surface area (TPSA) is 102 Å². The van der Waals surface area contributed by atoms with Crippen LogP contribution in [0.5, 0.6) is 0 Å². The Hall–Kier alpha value is -2.70. The summed E-state index contributed by atoms with van der Waals surface area (Å²) in [6, 6.07) is 13.8. The maximum Gasteiger partial charge on any atom is 0.218 e. The fourth-order valence-corrected chi connectivity index (χ4v) is 4.40. The van der Waals surface area contributed by atoms with E-state index < -0.39 is 28.6 Å². The molecule has 4 aliphatic heterocycles. The van der Waals surface area contributed by atoms with Gasteiger partial charge in [0.25, 0.3) is 0 Å². The van der Waals surface area contributed by atoms with Crippen molar-refractivity contribution in [2.24, 2.45) is 15.8 Å². The van der Waals surface area contributed by atoms with E-state index in [4.69, 9.17) is 14.9 Å². The summed E-state index contributed by atoms with van der Waals surface area (Å²) >= 11 is 0. The molecule has 4 aliphatic rings. The van der Waals surface area contributed by atoms with E-state index in [-0.39, 0.29) is 11.7 Å². The number of hydrogen-bond acceptors (Lipinski definition) is 5. The van der Waals surface area contributed by atoms with Gasteiger partial charge in [-0.2, -0.15) is 15.5 Å². The van der Waals surface area contributed by atoms with Crippen molar-refractivity contribution in [2.75, 3.05) is 0 Å². The van der Waals surface area contributed by atoms with Crippen LogP contribution in [0.4, 0.5) is 0 Å². The number of nitrogens with one attached hydrogen (secondary N) is 1. The molecule has 114 valence electrons. The zero-order chi connectivity index (χ0) is 16.5. The minimum absolute atomic E-state index is 0.121. The first-order valence-corrected chi connectivity index (χ1v) is 7.39. The van der Waals surface area contributed by atoms with Crippen LogP contribution in [0.3, 0.4) is 0 Å². The lowest BCUT2D eigenvalue weighted by Crippen LogP contribution is -2.72. The standard InChI is InChI=1S/C17H14N4O2/c1-10-16(8-18)14-21-13(20)17(16,9-19)12(15(2,22-10)23-14)11-6-4-3-5-7-11/h3-7,10,12,20H,1-2H3. The molecule has 0 aromatic heterocycles. The minimum atomic E-state index is -1.41. The first kappa shape index (κ1) is 13.9. The van der Waals surface area contributed by atoms with Gasteiger partial charge >= 0.3 is 0 Å². The Morgan fingerprint density at radius 2 is 1.83 bits per heavy atom. The number of hydrogen-bond donors (Lipinski definition) is 1. The molecule has 0 radical (unpaired) electrons. The SMILES string of the molecule is CC1OC2(C)OC3=NC(=N)C(C#N)(C2c2ccccc2)C31C#N. The maximum absolute atomic E-state index is 10.1. The third-order valence-corrected chi connectivity index (χ3v) is 5.31. The third kappa shape index (κ3) is 1.24. The average Bonchev–Trinajstić information content (AvgIpc) is 2.72. The maximum atomic E-state index is 10.1. The van der Waals surface area contributed by atoms with E-state index in [0.717, 1.165) is 5.56 Å². The molecule has 3 fully saturated rings. The molecule has 5 unspecified atom stereocenters. The van der Waals surface area contributed by atoms with Gasteiger partial charge in [-0.3, -0.25) is 5.41 Å². The predicted octanol–water partition coefficient (Wildman–Crippen LogP) is 2.34. The summed E-state index contributed by atoms with van der Waals surface area (Å²) in [6.07, 6.45) is -0.590. The summed E-state index contributed by atoms with van der Waals surface area (Å²) in [7, 11) is 0. The molecule has 0 amide bonds. The molecule has 6 heteroatoms. The molecule has 5 atom stereocenters. The van der Waals surface area contributed by atoms with E-state index >= 15 is 0 Å². The number of nitriles is 2. The summed E-state index contributed by atoms with van der Waals surface area (Å²) in [6.45, 7) is 3.49. The van der Waals surface area contributed by atoms with Crippen LogP contribution in [-0.4, -0.2) is 23.6 Å². The highest BCUT2D eigenvalue weighted by Gasteiger charge is 2.82. The van der Waals surface area contributed by atoms with E-state index in [2.05, 4.69) is 17.1 Å². The Kier molecular flexibility index (Phi) is 2.41. The van der Waals surface area contributed by atoms with Gasteiger partial charge in [0, 0.05) is 6.92 Å². The number of fused-ring (bicyclic) bond motifs is 1. The fourth-order valence-electron chi connectivity index (χ4n) is 4.40. The van der Waals surface area contributed by atoms with Gasteiger partial charge in [-0.1, -0.05) is 30.3 Å². The molecule has 3 saturated heterocycles. The Morgan fingerprint density at radius 1 is 1.17 bits per heavy atom. The third-order valence-electron chi connectivity index (χ3n) is 5.31. The summed E-state index contributed by atoms with van der Waals surface area (Å²) in [5.74, 6) is -1.74. The highest BCUT2D eigenvalue weighted by atomic mass is 16.7. The molecule has 1 aromatic rings. The molecule has 0 aliphatic carbocycles. The monoisotopic (exact) mass is 306 g/mol. The smallest absolute Gasteiger partial charge is 0.218 e. The zero-order valence-electron chi connectivity index (χ0n) is 12.7. The molecule has 5 rings (SSSR count). The predicted molar refractivity (Wildman–Crippen MR) is 80.5 cm³/mol. The number of benzene rings is 1. The highest BCUT2D eigenvalue weighted by molar-refractivity contribution is 6.13. The number of aliphatic imine (C=N–C) groups is 1. The van der Waals surface area contributed by atoms with Crippen molar-refractivity contribution in [2.45, 2.75) is 31.7 Å². The molecule has 1 aromatic carbocycles. The second-order valence-electron chi connectivity index (χ2n) is 6.33. The second kappa shape index (κ2) is 3.98. The van der Waals surface area contributed by atoms with Crippen LogP contribution in [0.2, 0.25) is 0 Å². The zero-order valence-corrected chi connectivity index (χ0v) is 12.7. The van der Waals surface area contributed by atoms with Gasteiger partial charge in [0.2, 0.25) is 11.7 Å². The summed E-state index contributed by atoms with van der Waals surface area (Å²) in [5, 5.41) is 28.4. The number of nitrogens with zero attached hydrogens (tertiary/aromatic N) is 3. The molecular weight excluding hydrogens is 292 g/mol. The van der Waals surface area contributed by atoms with Gasteiger partial charge < -0.3 is 9.47 Å². The average molecular weight is 306 g/mol. The van der Waals surface area contributed by atoms with Gasteiger partial charge in [-0.15, -0.1) is 0 Å².